The number of benzene rings is 1. The number of nitrogens with two attached hydrogens (primary N) is 1. The summed E-state index contributed by atoms with van der Waals surface area (Å²) in [6.45, 7) is 4.13. The number of fused-ring (bicyclic) bond motifs is 1. The summed E-state index contributed by atoms with van der Waals surface area (Å²) < 4.78 is 0. The summed E-state index contributed by atoms with van der Waals surface area (Å²) in [6.07, 6.45) is 1.86. The van der Waals surface area contributed by atoms with Gasteiger partial charge in [-0.15, -0.1) is 0 Å². The third kappa shape index (κ3) is 2.78. The molecule has 1 saturated heterocycles. The number of rotatable bonds is 2. The summed E-state index contributed by atoms with van der Waals surface area (Å²) >= 11 is 0. The molecule has 2 N–H and O–H groups in total. The van der Waals surface area contributed by atoms with Crippen LogP contribution in [0.1, 0.15) is 0 Å². The van der Waals surface area contributed by atoms with Crippen LogP contribution in [-0.2, 0) is 0 Å². The molecule has 0 bridgehead atoms. The molecule has 3 aromatic rings. The number of anilines is 2. The average molecular weight is 319 g/mol. The second kappa shape index (κ2) is 6.09. The minimum atomic E-state index is 0.758. The van der Waals surface area contributed by atoms with Gasteiger partial charge in [-0.25, -0.2) is 9.97 Å². The molecular weight excluding hydrogens is 298 g/mol. The lowest BCUT2D eigenvalue weighted by atomic mass is 10.1. The minimum absolute atomic E-state index is 0.758. The predicted octanol–water partition coefficient (Wildman–Crippen LogP) is 2.63. The van der Waals surface area contributed by atoms with Gasteiger partial charge in [0, 0.05) is 49.0 Å². The van der Waals surface area contributed by atoms with Crippen molar-refractivity contribution in [2.45, 2.75) is 0 Å². The summed E-state index contributed by atoms with van der Waals surface area (Å²) in [4.78, 5) is 14.0. The first-order valence-electron chi connectivity index (χ1n) is 8.26. The molecule has 1 fully saturated rings. The Morgan fingerprint density at radius 2 is 1.79 bits per heavy atom. The van der Waals surface area contributed by atoms with Crippen LogP contribution in [0.4, 0.5) is 11.5 Å². The maximum Gasteiger partial charge on any atom is 0.129 e. The van der Waals surface area contributed by atoms with Gasteiger partial charge in [-0.3, -0.25) is 0 Å². The van der Waals surface area contributed by atoms with Crippen LogP contribution in [0.15, 0.2) is 48.7 Å². The number of piperazine rings is 1. The maximum absolute atomic E-state index is 6.22. The summed E-state index contributed by atoms with van der Waals surface area (Å²) in [5, 5.41) is 0.995. The van der Waals surface area contributed by atoms with Crippen LogP contribution in [0.3, 0.4) is 0 Å². The molecule has 24 heavy (non-hydrogen) atoms. The largest absolute Gasteiger partial charge is 0.398 e. The lowest BCUT2D eigenvalue weighted by Gasteiger charge is -2.33. The number of aromatic nitrogens is 2. The van der Waals surface area contributed by atoms with E-state index >= 15 is 0 Å². The molecule has 5 nitrogen and oxygen atoms in total. The van der Waals surface area contributed by atoms with Crippen LogP contribution in [0.5, 0.6) is 0 Å². The van der Waals surface area contributed by atoms with Gasteiger partial charge < -0.3 is 15.5 Å². The maximum atomic E-state index is 6.22. The van der Waals surface area contributed by atoms with E-state index in [1.165, 1.54) is 0 Å². The van der Waals surface area contributed by atoms with E-state index in [2.05, 4.69) is 27.9 Å². The lowest BCUT2D eigenvalue weighted by molar-refractivity contribution is 0.312. The number of hydrogen-bond acceptors (Lipinski definition) is 5. The standard InChI is InChI=1S/C19H21N5/c1-23-8-10-24(11-9-23)19-12-14(6-7-21-19)18-13-16(20)15-4-2-3-5-17(15)22-18/h2-7,12-13H,8-11H2,1H3,(H2,20,22). The Balaban J connectivity index is 1.71. The quantitative estimate of drug-likeness (QED) is 0.787. The Labute approximate surface area is 141 Å². The first-order chi connectivity index (χ1) is 11.7. The summed E-state index contributed by atoms with van der Waals surface area (Å²) in [7, 11) is 2.16. The number of para-hydroxylation sites is 1. The van der Waals surface area contributed by atoms with Gasteiger partial charge in [0.2, 0.25) is 0 Å². The van der Waals surface area contributed by atoms with Gasteiger partial charge in [-0.2, -0.15) is 0 Å². The first kappa shape index (κ1) is 14.9. The van der Waals surface area contributed by atoms with Crippen molar-refractivity contribution >= 4 is 22.4 Å². The van der Waals surface area contributed by atoms with Crippen molar-refractivity contribution < 1.29 is 0 Å². The van der Waals surface area contributed by atoms with Gasteiger partial charge in [0.1, 0.15) is 5.82 Å². The van der Waals surface area contributed by atoms with Crippen molar-refractivity contribution in [3.05, 3.63) is 48.7 Å². The number of nitrogens with zero attached hydrogens (tertiary/aromatic N) is 4. The first-order valence-corrected chi connectivity index (χ1v) is 8.26. The molecule has 4 rings (SSSR count). The smallest absolute Gasteiger partial charge is 0.129 e. The Kier molecular flexibility index (Phi) is 3.78. The summed E-state index contributed by atoms with van der Waals surface area (Å²) in [5.74, 6) is 1.01. The van der Waals surface area contributed by atoms with Gasteiger partial charge >= 0.3 is 0 Å². The zero-order chi connectivity index (χ0) is 16.5. The molecule has 1 aliphatic heterocycles. The predicted molar refractivity (Wildman–Crippen MR) is 99.1 cm³/mol. The highest BCUT2D eigenvalue weighted by molar-refractivity contribution is 5.92. The van der Waals surface area contributed by atoms with Crippen LogP contribution in [-0.4, -0.2) is 48.1 Å². The third-order valence-electron chi connectivity index (χ3n) is 4.62. The van der Waals surface area contributed by atoms with E-state index in [1.54, 1.807) is 0 Å². The van der Waals surface area contributed by atoms with Crippen LogP contribution in [0.25, 0.3) is 22.2 Å². The van der Waals surface area contributed by atoms with Crippen molar-refractivity contribution in [3.63, 3.8) is 0 Å². The topological polar surface area (TPSA) is 58.3 Å². The fourth-order valence-electron chi connectivity index (χ4n) is 3.14. The van der Waals surface area contributed by atoms with E-state index in [1.807, 2.05) is 42.6 Å². The van der Waals surface area contributed by atoms with E-state index in [0.717, 1.165) is 59.8 Å². The van der Waals surface area contributed by atoms with Gasteiger partial charge in [-0.1, -0.05) is 18.2 Å². The summed E-state index contributed by atoms with van der Waals surface area (Å²) in [6, 6.07) is 14.0. The lowest BCUT2D eigenvalue weighted by Crippen LogP contribution is -2.44. The Morgan fingerprint density at radius 1 is 1.00 bits per heavy atom. The molecule has 0 saturated carbocycles. The zero-order valence-corrected chi connectivity index (χ0v) is 13.8. The van der Waals surface area contributed by atoms with E-state index in [-0.39, 0.29) is 0 Å². The van der Waals surface area contributed by atoms with E-state index < -0.39 is 0 Å². The summed E-state index contributed by atoms with van der Waals surface area (Å²) in [5.41, 5.74) is 9.84. The van der Waals surface area contributed by atoms with Crippen LogP contribution in [0, 0.1) is 0 Å². The van der Waals surface area contributed by atoms with Crippen LogP contribution >= 0.6 is 0 Å². The van der Waals surface area contributed by atoms with Crippen LogP contribution < -0.4 is 10.6 Å². The van der Waals surface area contributed by atoms with Crippen LogP contribution in [0.2, 0.25) is 0 Å². The second-order valence-corrected chi connectivity index (χ2v) is 6.31. The van der Waals surface area contributed by atoms with Gasteiger partial charge in [-0.05, 0) is 31.3 Å². The molecule has 3 heterocycles. The molecule has 0 radical (unpaired) electrons. The number of likely N-dealkylation sites (N-methyl/N-ethyl adjacent to an activating group) is 1. The highest BCUT2D eigenvalue weighted by Crippen LogP contribution is 2.28. The molecule has 0 aliphatic carbocycles. The molecule has 122 valence electrons. The molecule has 5 heteroatoms. The van der Waals surface area contributed by atoms with Crippen molar-refractivity contribution in [2.24, 2.45) is 0 Å². The minimum Gasteiger partial charge on any atom is -0.398 e. The third-order valence-corrected chi connectivity index (χ3v) is 4.62. The Morgan fingerprint density at radius 3 is 2.62 bits per heavy atom. The zero-order valence-electron chi connectivity index (χ0n) is 13.8. The SMILES string of the molecule is CN1CCN(c2cc(-c3cc(N)c4ccccc4n3)ccn2)CC1. The van der Waals surface area contributed by atoms with Gasteiger partial charge in [0.25, 0.3) is 0 Å². The monoisotopic (exact) mass is 319 g/mol. The normalized spacial score (nSPS) is 15.8. The molecule has 1 aromatic carbocycles. The molecule has 2 aromatic heterocycles. The van der Waals surface area contributed by atoms with Crippen molar-refractivity contribution in [1.82, 2.24) is 14.9 Å². The second-order valence-electron chi connectivity index (χ2n) is 6.31. The molecule has 0 atom stereocenters. The van der Waals surface area contributed by atoms with Gasteiger partial charge in [0.05, 0.1) is 11.2 Å². The number of pyridine rings is 2. The van der Waals surface area contributed by atoms with Gasteiger partial charge in [0.15, 0.2) is 0 Å². The highest BCUT2D eigenvalue weighted by Gasteiger charge is 2.16. The molecule has 0 unspecified atom stereocenters. The molecular formula is C19H21N5. The average Bonchev–Trinajstić information content (AvgIpc) is 2.62. The Hall–Kier alpha value is -2.66. The van der Waals surface area contributed by atoms with Crippen molar-refractivity contribution in [1.29, 1.82) is 0 Å². The Bertz CT molecular complexity index is 869. The van der Waals surface area contributed by atoms with E-state index in [4.69, 9.17) is 10.7 Å². The van der Waals surface area contributed by atoms with Crippen molar-refractivity contribution in [3.8, 4) is 11.3 Å². The van der Waals surface area contributed by atoms with E-state index in [0.29, 0.717) is 0 Å². The van der Waals surface area contributed by atoms with E-state index in [9.17, 15) is 0 Å². The highest BCUT2D eigenvalue weighted by atomic mass is 15.3. The van der Waals surface area contributed by atoms with Crippen molar-refractivity contribution in [2.75, 3.05) is 43.9 Å². The molecule has 1 aliphatic rings. The fourth-order valence-corrected chi connectivity index (χ4v) is 3.14. The number of nitrogen functional groups attached to an aromatic ring is 1. The molecule has 0 amide bonds. The number of hydrogen-bond donors (Lipinski definition) is 1. The fraction of sp³-hybridized carbons (Fsp3) is 0.263. The molecule has 0 spiro atoms.